The fourth-order valence-corrected chi connectivity index (χ4v) is 4.25. The second kappa shape index (κ2) is 7.21. The summed E-state index contributed by atoms with van der Waals surface area (Å²) in [5, 5.41) is 4.24. The molecule has 0 unspecified atom stereocenters. The molecule has 2 aromatic rings. The van der Waals surface area contributed by atoms with E-state index in [0.29, 0.717) is 24.5 Å². The zero-order chi connectivity index (χ0) is 17.9. The van der Waals surface area contributed by atoms with E-state index in [9.17, 15) is 18.0 Å². The van der Waals surface area contributed by atoms with E-state index in [1.807, 2.05) is 0 Å². The van der Waals surface area contributed by atoms with Crippen LogP contribution < -0.4 is 14.9 Å². The highest BCUT2D eigenvalue weighted by atomic mass is 32.2. The molecule has 1 saturated heterocycles. The van der Waals surface area contributed by atoms with Crippen LogP contribution in [0.15, 0.2) is 46.0 Å². The first-order chi connectivity index (χ1) is 12.0. The van der Waals surface area contributed by atoms with Gasteiger partial charge in [-0.3, -0.25) is 9.69 Å². The Morgan fingerprint density at radius 1 is 1.28 bits per heavy atom. The summed E-state index contributed by atoms with van der Waals surface area (Å²) in [6.45, 7) is 0.368. The minimum atomic E-state index is -3.69. The zero-order valence-corrected chi connectivity index (χ0v) is 14.6. The van der Waals surface area contributed by atoms with E-state index in [1.165, 1.54) is 11.0 Å². The fourth-order valence-electron chi connectivity index (χ4n) is 2.23. The average molecular weight is 381 g/mol. The molecule has 25 heavy (non-hydrogen) atoms. The van der Waals surface area contributed by atoms with E-state index in [-0.39, 0.29) is 4.21 Å². The van der Waals surface area contributed by atoms with Gasteiger partial charge in [-0.05, 0) is 29.6 Å². The highest BCUT2D eigenvalue weighted by Crippen LogP contribution is 2.22. The number of anilines is 2. The van der Waals surface area contributed by atoms with Crippen molar-refractivity contribution in [1.29, 1.82) is 0 Å². The van der Waals surface area contributed by atoms with Crippen LogP contribution in [0.4, 0.5) is 16.2 Å². The quantitative estimate of drug-likeness (QED) is 0.791. The minimum absolute atomic E-state index is 0.148. The predicted octanol–water partition coefficient (Wildman–Crippen LogP) is 1.62. The van der Waals surface area contributed by atoms with Gasteiger partial charge in [0.2, 0.25) is 5.91 Å². The van der Waals surface area contributed by atoms with Crippen LogP contribution in [-0.2, 0) is 19.6 Å². The van der Waals surface area contributed by atoms with Gasteiger partial charge >= 0.3 is 6.09 Å². The number of hydrogen-bond acceptors (Lipinski definition) is 6. The maximum absolute atomic E-state index is 12.0. The summed E-state index contributed by atoms with van der Waals surface area (Å²) in [4.78, 5) is 25.0. The van der Waals surface area contributed by atoms with Crippen molar-refractivity contribution in [3.63, 3.8) is 0 Å². The molecule has 1 fully saturated rings. The standard InChI is InChI=1S/C15H15N3O5S2/c19-13(10-16-25(21,22)14-5-2-8-24-14)17-11-3-1-4-12(9-11)18-6-7-23-15(18)20/h1-5,8-9,16H,6-7,10H2,(H,17,19). The zero-order valence-electron chi connectivity index (χ0n) is 13.0. The molecular formula is C15H15N3O5S2. The van der Waals surface area contributed by atoms with Crippen LogP contribution in [0, 0.1) is 0 Å². The molecule has 132 valence electrons. The summed E-state index contributed by atoms with van der Waals surface area (Å²) >= 11 is 1.07. The van der Waals surface area contributed by atoms with Gasteiger partial charge in [-0.25, -0.2) is 17.9 Å². The molecular weight excluding hydrogens is 366 g/mol. The van der Waals surface area contributed by atoms with Gasteiger partial charge in [0.15, 0.2) is 0 Å². The van der Waals surface area contributed by atoms with Gasteiger partial charge < -0.3 is 10.1 Å². The third kappa shape index (κ3) is 4.16. The van der Waals surface area contributed by atoms with Crippen molar-refractivity contribution in [2.45, 2.75) is 4.21 Å². The average Bonchev–Trinajstić information content (AvgIpc) is 3.25. The fraction of sp³-hybridized carbons (Fsp3) is 0.200. The number of nitrogens with zero attached hydrogens (tertiary/aromatic N) is 1. The van der Waals surface area contributed by atoms with Crippen LogP contribution in [0.3, 0.4) is 0 Å². The SMILES string of the molecule is O=C(CNS(=O)(=O)c1cccs1)Nc1cccc(N2CCOC2=O)c1. The van der Waals surface area contributed by atoms with E-state index in [4.69, 9.17) is 4.74 Å². The molecule has 2 heterocycles. The van der Waals surface area contributed by atoms with Crippen LogP contribution in [-0.4, -0.2) is 40.1 Å². The molecule has 1 aliphatic heterocycles. The van der Waals surface area contributed by atoms with E-state index >= 15 is 0 Å². The number of carbonyl (C=O) groups excluding carboxylic acids is 2. The Kier molecular flexibility index (Phi) is 5.02. The van der Waals surface area contributed by atoms with Crippen molar-refractivity contribution in [3.05, 3.63) is 41.8 Å². The first-order valence-electron chi connectivity index (χ1n) is 7.33. The third-order valence-electron chi connectivity index (χ3n) is 3.39. The maximum Gasteiger partial charge on any atom is 0.414 e. The van der Waals surface area contributed by atoms with Crippen molar-refractivity contribution in [2.24, 2.45) is 0 Å². The minimum Gasteiger partial charge on any atom is -0.447 e. The molecule has 1 aromatic heterocycles. The highest BCUT2D eigenvalue weighted by molar-refractivity contribution is 7.91. The molecule has 0 aliphatic carbocycles. The lowest BCUT2D eigenvalue weighted by Crippen LogP contribution is -2.32. The number of sulfonamides is 1. The van der Waals surface area contributed by atoms with Gasteiger partial charge in [-0.2, -0.15) is 0 Å². The number of thiophene rings is 1. The van der Waals surface area contributed by atoms with Crippen molar-refractivity contribution in [1.82, 2.24) is 4.72 Å². The summed E-state index contributed by atoms with van der Waals surface area (Å²) in [5.74, 6) is -0.513. The van der Waals surface area contributed by atoms with Gasteiger partial charge in [-0.1, -0.05) is 12.1 Å². The molecule has 0 saturated carbocycles. The lowest BCUT2D eigenvalue weighted by atomic mass is 10.2. The van der Waals surface area contributed by atoms with E-state index in [2.05, 4.69) is 10.0 Å². The van der Waals surface area contributed by atoms with E-state index in [0.717, 1.165) is 11.3 Å². The number of carbonyl (C=O) groups is 2. The van der Waals surface area contributed by atoms with Crippen LogP contribution in [0.25, 0.3) is 0 Å². The molecule has 2 N–H and O–H groups in total. The van der Waals surface area contributed by atoms with Gasteiger partial charge in [0, 0.05) is 11.4 Å². The van der Waals surface area contributed by atoms with Crippen LogP contribution >= 0.6 is 11.3 Å². The number of cyclic esters (lactones) is 1. The molecule has 1 aliphatic rings. The molecule has 10 heteroatoms. The Morgan fingerprint density at radius 2 is 2.12 bits per heavy atom. The summed E-state index contributed by atoms with van der Waals surface area (Å²) in [6, 6.07) is 9.76. The van der Waals surface area contributed by atoms with Crippen LogP contribution in [0.5, 0.6) is 0 Å². The molecule has 8 nitrogen and oxygen atoms in total. The van der Waals surface area contributed by atoms with Crippen molar-refractivity contribution >= 4 is 44.7 Å². The number of nitrogens with one attached hydrogen (secondary N) is 2. The Bertz CT molecular complexity index is 880. The molecule has 3 rings (SSSR count). The van der Waals surface area contributed by atoms with Crippen LogP contribution in [0.1, 0.15) is 0 Å². The highest BCUT2D eigenvalue weighted by Gasteiger charge is 2.23. The van der Waals surface area contributed by atoms with Gasteiger partial charge in [0.1, 0.15) is 10.8 Å². The van der Waals surface area contributed by atoms with E-state index < -0.39 is 28.6 Å². The monoisotopic (exact) mass is 381 g/mol. The Labute approximate surface area is 148 Å². The number of rotatable bonds is 6. The van der Waals surface area contributed by atoms with Crippen molar-refractivity contribution < 1.29 is 22.7 Å². The molecule has 1 aromatic carbocycles. The predicted molar refractivity (Wildman–Crippen MR) is 93.3 cm³/mol. The number of ether oxygens (including phenoxy) is 1. The van der Waals surface area contributed by atoms with Crippen molar-refractivity contribution in [2.75, 3.05) is 29.9 Å². The maximum atomic E-state index is 12.0. The number of amides is 2. The molecule has 0 radical (unpaired) electrons. The molecule has 0 spiro atoms. The number of hydrogen-bond donors (Lipinski definition) is 2. The summed E-state index contributed by atoms with van der Waals surface area (Å²) in [7, 11) is -3.69. The molecule has 2 amide bonds. The first kappa shape index (κ1) is 17.4. The third-order valence-corrected chi connectivity index (χ3v) is 6.18. The second-order valence-electron chi connectivity index (χ2n) is 5.12. The van der Waals surface area contributed by atoms with Crippen LogP contribution in [0.2, 0.25) is 0 Å². The Hall–Kier alpha value is -2.43. The smallest absolute Gasteiger partial charge is 0.414 e. The second-order valence-corrected chi connectivity index (χ2v) is 8.06. The molecule has 0 atom stereocenters. The lowest BCUT2D eigenvalue weighted by Gasteiger charge is -2.14. The first-order valence-corrected chi connectivity index (χ1v) is 9.69. The lowest BCUT2D eigenvalue weighted by molar-refractivity contribution is -0.115. The topological polar surface area (TPSA) is 105 Å². The summed E-state index contributed by atoms with van der Waals surface area (Å²) < 4.78 is 31.2. The van der Waals surface area contributed by atoms with Gasteiger partial charge in [-0.15, -0.1) is 11.3 Å². The summed E-state index contributed by atoms with van der Waals surface area (Å²) in [6.07, 6.45) is -0.438. The molecule has 0 bridgehead atoms. The normalized spacial score (nSPS) is 14.4. The van der Waals surface area contributed by atoms with Gasteiger partial charge in [0.05, 0.1) is 13.1 Å². The van der Waals surface area contributed by atoms with E-state index in [1.54, 1.807) is 35.7 Å². The summed E-state index contributed by atoms with van der Waals surface area (Å²) in [5.41, 5.74) is 1.05. The Morgan fingerprint density at radius 3 is 2.80 bits per heavy atom. The van der Waals surface area contributed by atoms with Crippen molar-refractivity contribution in [3.8, 4) is 0 Å². The number of benzene rings is 1. The van der Waals surface area contributed by atoms with Gasteiger partial charge in [0.25, 0.3) is 10.0 Å². The Balaban J connectivity index is 1.61. The largest absolute Gasteiger partial charge is 0.447 e.